The second-order valence-corrected chi connectivity index (χ2v) is 8.55. The number of thiazole rings is 1. The summed E-state index contributed by atoms with van der Waals surface area (Å²) in [4.78, 5) is 4.25. The van der Waals surface area contributed by atoms with Crippen LogP contribution in [0.1, 0.15) is 5.56 Å². The maximum atomic E-state index is 13.0. The lowest BCUT2D eigenvalue weighted by molar-refractivity contribution is 0.0334. The highest BCUT2D eigenvalue weighted by Gasteiger charge is 2.28. The van der Waals surface area contributed by atoms with Gasteiger partial charge in [-0.3, -0.25) is 0 Å². The van der Waals surface area contributed by atoms with Crippen molar-refractivity contribution >= 4 is 26.5 Å². The molecule has 0 aliphatic heterocycles. The molecule has 0 amide bonds. The van der Waals surface area contributed by atoms with Gasteiger partial charge in [0.1, 0.15) is 0 Å². The third-order valence-corrected chi connectivity index (χ3v) is 6.44. The first-order valence-electron chi connectivity index (χ1n) is 8.34. The SMILES string of the molecule is O=S(=O)(c1ccccc1)N(CC(O)COCc1ccccc1)c1nccs1. The van der Waals surface area contributed by atoms with Crippen molar-refractivity contribution in [3.05, 3.63) is 77.8 Å². The zero-order valence-corrected chi connectivity index (χ0v) is 16.1. The van der Waals surface area contributed by atoms with Crippen molar-refractivity contribution in [1.29, 1.82) is 0 Å². The van der Waals surface area contributed by atoms with Crippen LogP contribution in [0.15, 0.2) is 77.1 Å². The summed E-state index contributed by atoms with van der Waals surface area (Å²) in [7, 11) is -3.83. The van der Waals surface area contributed by atoms with E-state index in [1.165, 1.54) is 29.7 Å². The van der Waals surface area contributed by atoms with E-state index in [4.69, 9.17) is 4.74 Å². The van der Waals surface area contributed by atoms with Crippen molar-refractivity contribution in [2.45, 2.75) is 17.6 Å². The highest BCUT2D eigenvalue weighted by molar-refractivity contribution is 7.93. The van der Waals surface area contributed by atoms with Gasteiger partial charge in [-0.2, -0.15) is 0 Å². The Kier molecular flexibility index (Phi) is 6.57. The van der Waals surface area contributed by atoms with Crippen molar-refractivity contribution < 1.29 is 18.3 Å². The number of benzene rings is 2. The molecule has 0 fully saturated rings. The molecule has 0 radical (unpaired) electrons. The van der Waals surface area contributed by atoms with Gasteiger partial charge in [-0.15, -0.1) is 11.3 Å². The lowest BCUT2D eigenvalue weighted by Crippen LogP contribution is -2.39. The first-order valence-corrected chi connectivity index (χ1v) is 10.7. The predicted octanol–water partition coefficient (Wildman–Crippen LogP) is 2.92. The molecule has 2 aromatic carbocycles. The van der Waals surface area contributed by atoms with Gasteiger partial charge < -0.3 is 9.84 Å². The number of hydrogen-bond acceptors (Lipinski definition) is 6. The van der Waals surface area contributed by atoms with Crippen molar-refractivity contribution in [1.82, 2.24) is 4.98 Å². The maximum Gasteiger partial charge on any atom is 0.266 e. The fourth-order valence-corrected chi connectivity index (χ4v) is 4.83. The molecular formula is C19H20N2O4S2. The Balaban J connectivity index is 1.69. The molecule has 1 aromatic heterocycles. The molecule has 6 nitrogen and oxygen atoms in total. The van der Waals surface area contributed by atoms with Crippen LogP contribution in [0.4, 0.5) is 5.13 Å². The number of ether oxygens (including phenoxy) is 1. The topological polar surface area (TPSA) is 79.7 Å². The molecule has 0 aliphatic carbocycles. The molecule has 0 bridgehead atoms. The maximum absolute atomic E-state index is 13.0. The first kappa shape index (κ1) is 19.5. The van der Waals surface area contributed by atoms with Crippen molar-refractivity contribution in [2.75, 3.05) is 17.5 Å². The van der Waals surface area contributed by atoms with E-state index in [2.05, 4.69) is 4.98 Å². The van der Waals surface area contributed by atoms with Crippen LogP contribution >= 0.6 is 11.3 Å². The number of sulfonamides is 1. The molecule has 3 aromatic rings. The number of aliphatic hydroxyl groups is 1. The summed E-state index contributed by atoms with van der Waals surface area (Å²) in [6, 6.07) is 17.7. The van der Waals surface area contributed by atoms with E-state index in [1.807, 2.05) is 30.3 Å². The minimum atomic E-state index is -3.83. The molecule has 1 heterocycles. The average molecular weight is 405 g/mol. The van der Waals surface area contributed by atoms with Gasteiger partial charge in [0.05, 0.1) is 30.8 Å². The van der Waals surface area contributed by atoms with Crippen LogP contribution < -0.4 is 4.31 Å². The normalized spacial score (nSPS) is 12.6. The standard InChI is InChI=1S/C19H20N2O4S2/c22-17(15-25-14-16-7-3-1-4-8-16)13-21(19-20-11-12-26-19)27(23,24)18-9-5-2-6-10-18/h1-12,17,22H,13-15H2. The van der Waals surface area contributed by atoms with E-state index in [0.29, 0.717) is 11.7 Å². The first-order chi connectivity index (χ1) is 13.1. The molecule has 1 unspecified atom stereocenters. The predicted molar refractivity (Wildman–Crippen MR) is 105 cm³/mol. The van der Waals surface area contributed by atoms with Gasteiger partial charge in [0.2, 0.25) is 0 Å². The molecule has 27 heavy (non-hydrogen) atoms. The number of aliphatic hydroxyl groups excluding tert-OH is 1. The summed E-state index contributed by atoms with van der Waals surface area (Å²) >= 11 is 1.20. The molecule has 1 atom stereocenters. The van der Waals surface area contributed by atoms with E-state index >= 15 is 0 Å². The van der Waals surface area contributed by atoms with Crippen LogP contribution in [-0.4, -0.2) is 37.8 Å². The Hall–Kier alpha value is -2.26. The van der Waals surface area contributed by atoms with Crippen molar-refractivity contribution in [3.63, 3.8) is 0 Å². The van der Waals surface area contributed by atoms with Gasteiger partial charge in [-0.05, 0) is 17.7 Å². The van der Waals surface area contributed by atoms with Gasteiger partial charge in [-0.1, -0.05) is 48.5 Å². The molecule has 0 saturated heterocycles. The van der Waals surface area contributed by atoms with E-state index in [0.717, 1.165) is 9.87 Å². The third-order valence-electron chi connectivity index (χ3n) is 3.76. The molecule has 0 saturated carbocycles. The Labute approximate surface area is 162 Å². The Morgan fingerprint density at radius 2 is 1.74 bits per heavy atom. The highest BCUT2D eigenvalue weighted by Crippen LogP contribution is 2.25. The van der Waals surface area contributed by atoms with Crippen LogP contribution in [0.5, 0.6) is 0 Å². The number of anilines is 1. The molecule has 0 aliphatic rings. The second kappa shape index (κ2) is 9.09. The fourth-order valence-electron chi connectivity index (χ4n) is 2.47. The quantitative estimate of drug-likeness (QED) is 0.593. The lowest BCUT2D eigenvalue weighted by atomic mass is 10.2. The van der Waals surface area contributed by atoms with Gasteiger partial charge in [0.15, 0.2) is 5.13 Å². The van der Waals surface area contributed by atoms with Crippen molar-refractivity contribution in [3.8, 4) is 0 Å². The molecule has 8 heteroatoms. The Morgan fingerprint density at radius 1 is 1.07 bits per heavy atom. The lowest BCUT2D eigenvalue weighted by Gasteiger charge is -2.24. The fraction of sp³-hybridized carbons (Fsp3) is 0.211. The molecule has 3 rings (SSSR count). The number of hydrogen-bond donors (Lipinski definition) is 1. The second-order valence-electron chi connectivity index (χ2n) is 5.82. The zero-order chi connectivity index (χ0) is 19.1. The Bertz CT molecular complexity index is 917. The van der Waals surface area contributed by atoms with Crippen LogP contribution in [0, 0.1) is 0 Å². The largest absolute Gasteiger partial charge is 0.389 e. The van der Waals surface area contributed by atoms with Gasteiger partial charge in [0.25, 0.3) is 10.0 Å². The third kappa shape index (κ3) is 5.14. The van der Waals surface area contributed by atoms with E-state index < -0.39 is 16.1 Å². The van der Waals surface area contributed by atoms with E-state index in [-0.39, 0.29) is 18.0 Å². The zero-order valence-electron chi connectivity index (χ0n) is 14.5. The van der Waals surface area contributed by atoms with Crippen LogP contribution in [-0.2, 0) is 21.4 Å². The Morgan fingerprint density at radius 3 is 2.37 bits per heavy atom. The van der Waals surface area contributed by atoms with E-state index in [1.54, 1.807) is 23.6 Å². The summed E-state index contributed by atoms with van der Waals surface area (Å²) in [5.41, 5.74) is 0.985. The smallest absolute Gasteiger partial charge is 0.266 e. The summed E-state index contributed by atoms with van der Waals surface area (Å²) in [6.45, 7) is 0.223. The van der Waals surface area contributed by atoms with Crippen LogP contribution in [0.3, 0.4) is 0 Å². The van der Waals surface area contributed by atoms with E-state index in [9.17, 15) is 13.5 Å². The van der Waals surface area contributed by atoms with Crippen LogP contribution in [0.25, 0.3) is 0 Å². The van der Waals surface area contributed by atoms with Crippen molar-refractivity contribution in [2.24, 2.45) is 0 Å². The minimum Gasteiger partial charge on any atom is -0.389 e. The molecule has 142 valence electrons. The highest BCUT2D eigenvalue weighted by atomic mass is 32.2. The van der Waals surface area contributed by atoms with Gasteiger partial charge in [0, 0.05) is 11.6 Å². The molecular weight excluding hydrogens is 384 g/mol. The number of rotatable bonds is 9. The minimum absolute atomic E-state index is 0.0150. The summed E-state index contributed by atoms with van der Waals surface area (Å²) < 4.78 is 32.7. The van der Waals surface area contributed by atoms with Crippen LogP contribution in [0.2, 0.25) is 0 Å². The van der Waals surface area contributed by atoms with Gasteiger partial charge >= 0.3 is 0 Å². The number of aromatic nitrogens is 1. The monoisotopic (exact) mass is 404 g/mol. The number of nitrogens with zero attached hydrogens (tertiary/aromatic N) is 2. The summed E-state index contributed by atoms with van der Waals surface area (Å²) in [5.74, 6) is 0. The molecule has 1 N–H and O–H groups in total. The molecule has 0 spiro atoms. The summed E-state index contributed by atoms with van der Waals surface area (Å²) in [6.07, 6.45) is 0.544. The summed E-state index contributed by atoms with van der Waals surface area (Å²) in [5, 5.41) is 12.4. The average Bonchev–Trinajstić information content (AvgIpc) is 3.22. The van der Waals surface area contributed by atoms with Gasteiger partial charge in [-0.25, -0.2) is 17.7 Å².